The van der Waals surface area contributed by atoms with Gasteiger partial charge in [-0.2, -0.15) is 5.21 Å². The van der Waals surface area contributed by atoms with Gasteiger partial charge < -0.3 is 5.11 Å². The highest BCUT2D eigenvalue weighted by atomic mass is 35.5. The second kappa shape index (κ2) is 5.75. The first kappa shape index (κ1) is 14.5. The van der Waals surface area contributed by atoms with E-state index in [9.17, 15) is 9.90 Å². The van der Waals surface area contributed by atoms with E-state index in [1.165, 1.54) is 12.1 Å². The third-order valence-electron chi connectivity index (χ3n) is 3.05. The van der Waals surface area contributed by atoms with Gasteiger partial charge in [-0.3, -0.25) is 0 Å². The summed E-state index contributed by atoms with van der Waals surface area (Å²) >= 11 is 12.2. The van der Waals surface area contributed by atoms with Crippen LogP contribution in [0.4, 0.5) is 0 Å². The van der Waals surface area contributed by atoms with Crippen LogP contribution < -0.4 is 0 Å². The van der Waals surface area contributed by atoms with E-state index in [2.05, 4.69) is 20.6 Å². The summed E-state index contributed by atoms with van der Waals surface area (Å²) in [6.45, 7) is 0. The topological polar surface area (TPSA) is 91.8 Å². The molecule has 0 aliphatic heterocycles. The molecule has 0 spiro atoms. The van der Waals surface area contributed by atoms with E-state index in [1.54, 1.807) is 24.3 Å². The quantitative estimate of drug-likeness (QED) is 0.764. The number of carboxylic acid groups (broad SMARTS) is 1. The first-order valence-corrected chi connectivity index (χ1v) is 6.88. The van der Waals surface area contributed by atoms with Gasteiger partial charge in [-0.1, -0.05) is 35.3 Å². The van der Waals surface area contributed by atoms with Crippen molar-refractivity contribution >= 4 is 29.2 Å². The minimum absolute atomic E-state index is 0.0911. The molecule has 1 aromatic heterocycles. The molecule has 6 nitrogen and oxygen atoms in total. The molecule has 0 saturated carbocycles. The van der Waals surface area contributed by atoms with Gasteiger partial charge in [-0.05, 0) is 35.0 Å². The van der Waals surface area contributed by atoms with Crippen LogP contribution in [0.3, 0.4) is 0 Å². The molecule has 2 N–H and O–H groups in total. The minimum atomic E-state index is -1.07. The Labute approximate surface area is 134 Å². The normalized spacial score (nSPS) is 10.6. The Balaban J connectivity index is 2.23. The number of nitrogens with one attached hydrogen (secondary N) is 1. The predicted octanol–water partition coefficient (Wildman–Crippen LogP) is 3.54. The van der Waals surface area contributed by atoms with Crippen molar-refractivity contribution in [1.29, 1.82) is 0 Å². The van der Waals surface area contributed by atoms with Crippen LogP contribution in [0.1, 0.15) is 10.4 Å². The van der Waals surface area contributed by atoms with E-state index in [0.29, 0.717) is 32.6 Å². The number of benzene rings is 2. The Hall–Kier alpha value is -2.44. The number of nitrogens with zero attached hydrogens (tertiary/aromatic N) is 3. The van der Waals surface area contributed by atoms with Gasteiger partial charge >= 0.3 is 5.97 Å². The van der Waals surface area contributed by atoms with Crippen molar-refractivity contribution in [2.75, 3.05) is 0 Å². The number of hydrogen-bond donors (Lipinski definition) is 2. The Morgan fingerprint density at radius 2 is 1.91 bits per heavy atom. The summed E-state index contributed by atoms with van der Waals surface area (Å²) < 4.78 is 0. The molecule has 0 radical (unpaired) electrons. The zero-order valence-corrected chi connectivity index (χ0v) is 12.4. The molecular weight excluding hydrogens is 327 g/mol. The fourth-order valence-corrected chi connectivity index (χ4v) is 2.46. The van der Waals surface area contributed by atoms with Crippen LogP contribution in [-0.4, -0.2) is 31.7 Å². The van der Waals surface area contributed by atoms with Crippen molar-refractivity contribution in [2.45, 2.75) is 0 Å². The lowest BCUT2D eigenvalue weighted by Crippen LogP contribution is -1.98. The second-order valence-corrected chi connectivity index (χ2v) is 5.23. The van der Waals surface area contributed by atoms with E-state index >= 15 is 0 Å². The van der Waals surface area contributed by atoms with Gasteiger partial charge in [0.15, 0.2) is 0 Å². The number of halogens is 2. The van der Waals surface area contributed by atoms with Gasteiger partial charge in [0.2, 0.25) is 5.82 Å². The molecule has 3 rings (SSSR count). The minimum Gasteiger partial charge on any atom is -0.478 e. The molecule has 22 heavy (non-hydrogen) atoms. The van der Waals surface area contributed by atoms with E-state index in [4.69, 9.17) is 23.2 Å². The molecular formula is C14H8Cl2N4O2. The molecule has 0 fully saturated rings. The molecule has 2 aromatic carbocycles. The molecule has 1 heterocycles. The lowest BCUT2D eigenvalue weighted by Gasteiger charge is -2.09. The standard InChI is InChI=1S/C14H8Cl2N4O2/c15-11-3-1-2-10(12(11)16)7-4-8(13-17-19-20-18-13)6-9(5-7)14(21)22/h1-6H,(H,21,22)(H,17,18,19,20). The number of aromatic nitrogens is 4. The highest BCUT2D eigenvalue weighted by molar-refractivity contribution is 6.43. The maximum atomic E-state index is 11.3. The molecule has 0 unspecified atom stereocenters. The van der Waals surface area contributed by atoms with Crippen LogP contribution >= 0.6 is 23.2 Å². The van der Waals surface area contributed by atoms with Crippen molar-refractivity contribution in [2.24, 2.45) is 0 Å². The van der Waals surface area contributed by atoms with Gasteiger partial charge in [-0.25, -0.2) is 4.79 Å². The molecule has 0 bridgehead atoms. The third kappa shape index (κ3) is 2.66. The molecule has 110 valence electrons. The Bertz CT molecular complexity index is 850. The maximum absolute atomic E-state index is 11.3. The third-order valence-corrected chi connectivity index (χ3v) is 3.87. The summed E-state index contributed by atoms with van der Waals surface area (Å²) in [5.41, 5.74) is 1.84. The van der Waals surface area contributed by atoms with E-state index in [1.807, 2.05) is 0 Å². The maximum Gasteiger partial charge on any atom is 0.335 e. The van der Waals surface area contributed by atoms with Crippen molar-refractivity contribution in [3.8, 4) is 22.5 Å². The van der Waals surface area contributed by atoms with Crippen molar-refractivity contribution in [3.05, 3.63) is 52.0 Å². The van der Waals surface area contributed by atoms with Gasteiger partial charge in [0.25, 0.3) is 0 Å². The largest absolute Gasteiger partial charge is 0.478 e. The summed E-state index contributed by atoms with van der Waals surface area (Å²) in [7, 11) is 0. The smallest absolute Gasteiger partial charge is 0.335 e. The number of rotatable bonds is 3. The summed E-state index contributed by atoms with van der Waals surface area (Å²) in [4.78, 5) is 11.3. The van der Waals surface area contributed by atoms with Crippen molar-refractivity contribution in [3.63, 3.8) is 0 Å². The Morgan fingerprint density at radius 3 is 2.59 bits per heavy atom. The highest BCUT2D eigenvalue weighted by Crippen LogP contribution is 2.35. The molecule has 3 aromatic rings. The van der Waals surface area contributed by atoms with Crippen LogP contribution in [0.15, 0.2) is 36.4 Å². The van der Waals surface area contributed by atoms with Crippen LogP contribution in [0, 0.1) is 0 Å². The number of H-pyrrole nitrogens is 1. The summed E-state index contributed by atoms with van der Waals surface area (Å²) in [6, 6.07) is 9.88. The van der Waals surface area contributed by atoms with Gasteiger partial charge in [0.1, 0.15) is 0 Å². The summed E-state index contributed by atoms with van der Waals surface area (Å²) in [5.74, 6) is -0.771. The lowest BCUT2D eigenvalue weighted by atomic mass is 9.99. The Morgan fingerprint density at radius 1 is 1.14 bits per heavy atom. The van der Waals surface area contributed by atoms with E-state index in [0.717, 1.165) is 0 Å². The van der Waals surface area contributed by atoms with Crippen molar-refractivity contribution < 1.29 is 9.90 Å². The zero-order chi connectivity index (χ0) is 15.7. The number of carboxylic acids is 1. The molecule has 8 heteroatoms. The zero-order valence-electron chi connectivity index (χ0n) is 10.9. The first-order chi connectivity index (χ1) is 10.6. The second-order valence-electron chi connectivity index (χ2n) is 4.44. The molecule has 0 atom stereocenters. The summed E-state index contributed by atoms with van der Waals surface area (Å²) in [6.07, 6.45) is 0. The van der Waals surface area contributed by atoms with E-state index < -0.39 is 5.97 Å². The van der Waals surface area contributed by atoms with Crippen molar-refractivity contribution in [1.82, 2.24) is 20.6 Å². The summed E-state index contributed by atoms with van der Waals surface area (Å²) in [5, 5.41) is 23.6. The molecule has 0 aliphatic carbocycles. The Kier molecular flexibility index (Phi) is 3.79. The molecule has 0 saturated heterocycles. The van der Waals surface area contributed by atoms with Gasteiger partial charge in [0, 0.05) is 11.1 Å². The monoisotopic (exact) mass is 334 g/mol. The van der Waals surface area contributed by atoms with Crippen LogP contribution in [0.5, 0.6) is 0 Å². The van der Waals surface area contributed by atoms with Gasteiger partial charge in [-0.15, -0.1) is 10.2 Å². The number of aromatic carboxylic acids is 1. The SMILES string of the molecule is O=C(O)c1cc(-c2nn[nH]n2)cc(-c2cccc(Cl)c2Cl)c1. The number of aromatic amines is 1. The number of tetrazole rings is 1. The first-order valence-electron chi connectivity index (χ1n) is 6.13. The van der Waals surface area contributed by atoms with Crippen LogP contribution in [0.25, 0.3) is 22.5 Å². The predicted molar refractivity (Wildman–Crippen MR) is 82.0 cm³/mol. The van der Waals surface area contributed by atoms with Gasteiger partial charge in [0.05, 0.1) is 15.6 Å². The van der Waals surface area contributed by atoms with Crippen LogP contribution in [0.2, 0.25) is 10.0 Å². The lowest BCUT2D eigenvalue weighted by molar-refractivity contribution is 0.0697. The average molecular weight is 335 g/mol. The highest BCUT2D eigenvalue weighted by Gasteiger charge is 2.14. The fraction of sp³-hybridized carbons (Fsp3) is 0. The van der Waals surface area contributed by atoms with Crippen LogP contribution in [-0.2, 0) is 0 Å². The average Bonchev–Trinajstić information content (AvgIpc) is 3.04. The van der Waals surface area contributed by atoms with E-state index in [-0.39, 0.29) is 5.56 Å². The molecule has 0 aliphatic rings. The number of hydrogen-bond acceptors (Lipinski definition) is 4. The molecule has 0 amide bonds. The fourth-order valence-electron chi connectivity index (χ4n) is 2.05. The number of carbonyl (C=O) groups is 1.